The van der Waals surface area contributed by atoms with Crippen molar-refractivity contribution in [1.82, 2.24) is 26.1 Å². The first-order valence-corrected chi connectivity index (χ1v) is 8.67. The molecule has 7 nitrogen and oxygen atoms in total. The molecule has 2 fully saturated rings. The zero-order valence-corrected chi connectivity index (χ0v) is 14.0. The van der Waals surface area contributed by atoms with E-state index in [4.69, 9.17) is 0 Å². The van der Waals surface area contributed by atoms with Gasteiger partial charge in [-0.1, -0.05) is 6.07 Å². The van der Waals surface area contributed by atoms with Crippen molar-refractivity contribution >= 4 is 11.8 Å². The summed E-state index contributed by atoms with van der Waals surface area (Å²) in [4.78, 5) is 31.0. The fourth-order valence-corrected chi connectivity index (χ4v) is 3.42. The van der Waals surface area contributed by atoms with Crippen LogP contribution in [0.2, 0.25) is 0 Å². The minimum Gasteiger partial charge on any atom is -0.356 e. The number of likely N-dealkylation sites (tertiary alicyclic amines) is 1. The molecule has 2 saturated heterocycles. The van der Waals surface area contributed by atoms with E-state index in [1.807, 2.05) is 30.0 Å². The molecule has 0 aliphatic carbocycles. The lowest BCUT2D eigenvalue weighted by atomic mass is 9.96. The first kappa shape index (κ1) is 16.9. The molecular weight excluding hydrogens is 306 g/mol. The van der Waals surface area contributed by atoms with E-state index in [1.165, 1.54) is 0 Å². The summed E-state index contributed by atoms with van der Waals surface area (Å²) in [6, 6.07) is 5.54. The summed E-state index contributed by atoms with van der Waals surface area (Å²) in [5, 5.41) is 2.86. The van der Waals surface area contributed by atoms with Crippen LogP contribution >= 0.6 is 0 Å². The van der Waals surface area contributed by atoms with Crippen molar-refractivity contribution in [3.8, 4) is 0 Å². The van der Waals surface area contributed by atoms with Gasteiger partial charge < -0.3 is 10.2 Å². The normalized spacial score (nSPS) is 27.0. The van der Waals surface area contributed by atoms with Crippen molar-refractivity contribution in [2.75, 3.05) is 19.6 Å². The average Bonchev–Trinajstić information content (AvgIpc) is 3.12. The molecule has 1 aromatic rings. The Kier molecular flexibility index (Phi) is 5.42. The van der Waals surface area contributed by atoms with Crippen LogP contribution in [0.1, 0.15) is 37.9 Å². The van der Waals surface area contributed by atoms with E-state index in [0.29, 0.717) is 19.5 Å². The van der Waals surface area contributed by atoms with Crippen molar-refractivity contribution in [2.45, 2.75) is 38.3 Å². The molecule has 3 unspecified atom stereocenters. The van der Waals surface area contributed by atoms with Crippen LogP contribution in [0.3, 0.4) is 0 Å². The van der Waals surface area contributed by atoms with Gasteiger partial charge in [0, 0.05) is 25.8 Å². The Balaban J connectivity index is 1.57. The molecule has 0 bridgehead atoms. The number of aromatic nitrogens is 1. The van der Waals surface area contributed by atoms with Crippen molar-refractivity contribution in [1.29, 1.82) is 0 Å². The summed E-state index contributed by atoms with van der Waals surface area (Å²) in [5.41, 5.74) is 7.18. The third-order valence-electron chi connectivity index (χ3n) is 4.70. The number of pyridine rings is 1. The largest absolute Gasteiger partial charge is 0.356 e. The second-order valence-corrected chi connectivity index (χ2v) is 6.40. The molecule has 2 aliphatic rings. The molecule has 0 aromatic carbocycles. The molecule has 3 N–H and O–H groups in total. The second kappa shape index (κ2) is 7.72. The highest BCUT2D eigenvalue weighted by Gasteiger charge is 2.36. The predicted molar refractivity (Wildman–Crippen MR) is 89.6 cm³/mol. The van der Waals surface area contributed by atoms with Gasteiger partial charge in [0.1, 0.15) is 6.04 Å². The molecule has 2 aliphatic heterocycles. The van der Waals surface area contributed by atoms with Gasteiger partial charge in [-0.05, 0) is 38.3 Å². The lowest BCUT2D eigenvalue weighted by molar-refractivity contribution is -0.137. The van der Waals surface area contributed by atoms with Crippen LogP contribution in [-0.4, -0.2) is 47.4 Å². The molecular formula is C17H25N5O2. The van der Waals surface area contributed by atoms with Crippen molar-refractivity contribution in [3.05, 3.63) is 30.1 Å². The van der Waals surface area contributed by atoms with E-state index < -0.39 is 0 Å². The number of carbonyl (C=O) groups is 2. The summed E-state index contributed by atoms with van der Waals surface area (Å²) >= 11 is 0. The Hall–Kier alpha value is -1.99. The molecule has 24 heavy (non-hydrogen) atoms. The van der Waals surface area contributed by atoms with Gasteiger partial charge in [-0.15, -0.1) is 0 Å². The summed E-state index contributed by atoms with van der Waals surface area (Å²) < 4.78 is 0. The molecule has 2 amide bonds. The fraction of sp³-hybridized carbons (Fsp3) is 0.588. The molecule has 7 heteroatoms. The molecule has 0 radical (unpaired) electrons. The summed E-state index contributed by atoms with van der Waals surface area (Å²) in [5.74, 6) is 0.0254. The van der Waals surface area contributed by atoms with Gasteiger partial charge in [0.15, 0.2) is 0 Å². The molecule has 3 rings (SSSR count). The van der Waals surface area contributed by atoms with Gasteiger partial charge in [-0.2, -0.15) is 0 Å². The predicted octanol–water partition coefficient (Wildman–Crippen LogP) is 0.364. The topological polar surface area (TPSA) is 86.4 Å². The van der Waals surface area contributed by atoms with Crippen molar-refractivity contribution in [3.63, 3.8) is 0 Å². The molecule has 0 spiro atoms. The number of hydrazine groups is 1. The SMILES string of the molecule is CCNC(=O)C1CCCN(C(=O)C2CC(c3ccccn3)NN2)C1. The minimum atomic E-state index is -0.273. The van der Waals surface area contributed by atoms with Crippen LogP contribution in [0.25, 0.3) is 0 Å². The third kappa shape index (κ3) is 3.73. The Morgan fingerprint density at radius 1 is 1.38 bits per heavy atom. The zero-order valence-electron chi connectivity index (χ0n) is 14.0. The zero-order chi connectivity index (χ0) is 16.9. The fourth-order valence-electron chi connectivity index (χ4n) is 3.42. The Morgan fingerprint density at radius 2 is 2.25 bits per heavy atom. The minimum absolute atomic E-state index is 0.0316. The number of hydrogen-bond donors (Lipinski definition) is 3. The monoisotopic (exact) mass is 331 g/mol. The number of nitrogens with zero attached hydrogens (tertiary/aromatic N) is 2. The number of rotatable bonds is 4. The highest BCUT2D eigenvalue weighted by molar-refractivity contribution is 5.84. The third-order valence-corrected chi connectivity index (χ3v) is 4.70. The number of hydrogen-bond acceptors (Lipinski definition) is 5. The first-order valence-electron chi connectivity index (χ1n) is 8.67. The van der Waals surface area contributed by atoms with E-state index in [1.54, 1.807) is 6.20 Å². The second-order valence-electron chi connectivity index (χ2n) is 6.40. The maximum Gasteiger partial charge on any atom is 0.241 e. The van der Waals surface area contributed by atoms with Gasteiger partial charge in [-0.25, -0.2) is 10.9 Å². The van der Waals surface area contributed by atoms with E-state index in [2.05, 4.69) is 21.2 Å². The number of piperidine rings is 1. The van der Waals surface area contributed by atoms with Crippen LogP contribution in [0, 0.1) is 5.92 Å². The summed E-state index contributed by atoms with van der Waals surface area (Å²) in [6.45, 7) is 3.77. The quantitative estimate of drug-likeness (QED) is 0.742. The Morgan fingerprint density at radius 3 is 3.00 bits per heavy atom. The van der Waals surface area contributed by atoms with Gasteiger partial charge in [0.05, 0.1) is 17.7 Å². The van der Waals surface area contributed by atoms with E-state index in [0.717, 1.165) is 25.1 Å². The number of amides is 2. The Bertz CT molecular complexity index is 580. The van der Waals surface area contributed by atoms with E-state index in [9.17, 15) is 9.59 Å². The van der Waals surface area contributed by atoms with E-state index >= 15 is 0 Å². The number of nitrogens with one attached hydrogen (secondary N) is 3. The molecule has 3 atom stereocenters. The van der Waals surface area contributed by atoms with Crippen LogP contribution in [0.15, 0.2) is 24.4 Å². The van der Waals surface area contributed by atoms with Crippen molar-refractivity contribution in [2.24, 2.45) is 5.92 Å². The van der Waals surface area contributed by atoms with Gasteiger partial charge in [0.25, 0.3) is 0 Å². The van der Waals surface area contributed by atoms with Gasteiger partial charge in [0.2, 0.25) is 11.8 Å². The highest BCUT2D eigenvalue weighted by atomic mass is 16.2. The smallest absolute Gasteiger partial charge is 0.241 e. The average molecular weight is 331 g/mol. The first-order chi connectivity index (χ1) is 11.7. The maximum atomic E-state index is 12.8. The lowest BCUT2D eigenvalue weighted by Gasteiger charge is -2.33. The number of carbonyl (C=O) groups excluding carboxylic acids is 2. The molecule has 0 saturated carbocycles. The maximum absolute atomic E-state index is 12.8. The van der Waals surface area contributed by atoms with Crippen molar-refractivity contribution < 1.29 is 9.59 Å². The molecule has 3 heterocycles. The lowest BCUT2D eigenvalue weighted by Crippen LogP contribution is -2.51. The standard InChI is InChI=1S/C17H25N5O2/c1-2-18-16(23)12-6-5-9-22(11-12)17(24)15-10-14(20-21-15)13-7-3-4-8-19-13/h3-4,7-8,12,14-15,20-21H,2,5-6,9-11H2,1H3,(H,18,23). The van der Waals surface area contributed by atoms with Crippen LogP contribution in [-0.2, 0) is 9.59 Å². The van der Waals surface area contributed by atoms with E-state index in [-0.39, 0.29) is 29.8 Å². The van der Waals surface area contributed by atoms with Gasteiger partial charge >= 0.3 is 0 Å². The van der Waals surface area contributed by atoms with Crippen LogP contribution in [0.5, 0.6) is 0 Å². The van der Waals surface area contributed by atoms with Crippen LogP contribution < -0.4 is 16.2 Å². The molecule has 1 aromatic heterocycles. The molecule has 130 valence electrons. The van der Waals surface area contributed by atoms with Gasteiger partial charge in [-0.3, -0.25) is 14.6 Å². The van der Waals surface area contributed by atoms with Crippen LogP contribution in [0.4, 0.5) is 0 Å². The Labute approximate surface area is 142 Å². The summed E-state index contributed by atoms with van der Waals surface area (Å²) in [6.07, 6.45) is 4.14. The highest BCUT2D eigenvalue weighted by Crippen LogP contribution is 2.23. The summed E-state index contributed by atoms with van der Waals surface area (Å²) in [7, 11) is 0.